The van der Waals surface area contributed by atoms with Crippen LogP contribution in [-0.4, -0.2) is 11.5 Å². The Morgan fingerprint density at radius 3 is 2.63 bits per heavy atom. The van der Waals surface area contributed by atoms with Crippen LogP contribution in [0.5, 0.6) is 0 Å². The van der Waals surface area contributed by atoms with Crippen LogP contribution in [0.3, 0.4) is 0 Å². The van der Waals surface area contributed by atoms with Crippen molar-refractivity contribution >= 4 is 34.5 Å². The maximum absolute atomic E-state index is 6.18. The minimum atomic E-state index is 0.331. The Hall–Kier alpha value is -0.610. The van der Waals surface area contributed by atoms with E-state index in [1.54, 1.807) is 11.3 Å². The minimum absolute atomic E-state index is 0.331. The summed E-state index contributed by atoms with van der Waals surface area (Å²) in [5.41, 5.74) is 0.947. The Bertz CT molecular complexity index is 534. The van der Waals surface area contributed by atoms with Gasteiger partial charge in [-0.15, -0.1) is 11.3 Å². The molecule has 2 aromatic rings. The molecule has 1 heterocycles. The summed E-state index contributed by atoms with van der Waals surface area (Å²) in [4.78, 5) is 5.69. The first-order valence-corrected chi connectivity index (χ1v) is 7.80. The molecule has 5 heteroatoms. The third-order valence-corrected chi connectivity index (χ3v) is 4.79. The normalized spacial score (nSPS) is 12.6. The number of hydrogen-bond donors (Lipinski definition) is 1. The van der Waals surface area contributed by atoms with Crippen LogP contribution in [-0.2, 0) is 6.42 Å². The monoisotopic (exact) mass is 314 g/mol. The second kappa shape index (κ2) is 6.71. The van der Waals surface area contributed by atoms with Gasteiger partial charge in [0.2, 0.25) is 0 Å². The summed E-state index contributed by atoms with van der Waals surface area (Å²) in [6.45, 7) is 5.19. The second-order valence-electron chi connectivity index (χ2n) is 4.31. The molecule has 1 unspecified atom stereocenters. The molecule has 0 fully saturated rings. The van der Waals surface area contributed by atoms with E-state index in [0.717, 1.165) is 17.1 Å². The molecule has 0 aliphatic rings. The van der Waals surface area contributed by atoms with Crippen molar-refractivity contribution in [3.63, 3.8) is 0 Å². The number of nitrogens with zero attached hydrogens (tertiary/aromatic N) is 1. The highest BCUT2D eigenvalue weighted by molar-refractivity contribution is 7.11. The number of nitrogens with one attached hydrogen (secondary N) is 1. The van der Waals surface area contributed by atoms with Crippen molar-refractivity contribution in [3.8, 4) is 0 Å². The molecule has 0 amide bonds. The van der Waals surface area contributed by atoms with E-state index in [2.05, 4.69) is 24.1 Å². The molecule has 19 heavy (non-hydrogen) atoms. The third-order valence-electron chi connectivity index (χ3n) is 2.90. The molecular formula is C14H16Cl2N2S. The molecule has 0 spiro atoms. The summed E-state index contributed by atoms with van der Waals surface area (Å²) in [5, 5.41) is 5.81. The first-order valence-electron chi connectivity index (χ1n) is 6.22. The highest BCUT2D eigenvalue weighted by Crippen LogP contribution is 2.29. The van der Waals surface area contributed by atoms with Crippen molar-refractivity contribution in [1.29, 1.82) is 0 Å². The van der Waals surface area contributed by atoms with E-state index < -0.39 is 0 Å². The highest BCUT2D eigenvalue weighted by Gasteiger charge is 2.12. The van der Waals surface area contributed by atoms with Crippen molar-refractivity contribution in [2.75, 3.05) is 6.54 Å². The SMILES string of the molecule is CCNC(C)c1cnc(Cc2c(Cl)cccc2Cl)s1. The van der Waals surface area contributed by atoms with Gasteiger partial charge in [-0.1, -0.05) is 36.2 Å². The Morgan fingerprint density at radius 2 is 2.00 bits per heavy atom. The molecule has 0 radical (unpaired) electrons. The summed E-state index contributed by atoms with van der Waals surface area (Å²) in [6.07, 6.45) is 2.61. The van der Waals surface area contributed by atoms with Gasteiger partial charge in [0.25, 0.3) is 0 Å². The zero-order valence-electron chi connectivity index (χ0n) is 10.9. The van der Waals surface area contributed by atoms with Gasteiger partial charge in [-0.05, 0) is 31.2 Å². The van der Waals surface area contributed by atoms with Crippen molar-refractivity contribution in [2.24, 2.45) is 0 Å². The predicted molar refractivity (Wildman–Crippen MR) is 83.5 cm³/mol. The molecule has 1 aromatic carbocycles. The maximum Gasteiger partial charge on any atom is 0.0973 e. The predicted octanol–water partition coefficient (Wildman–Crippen LogP) is 4.71. The van der Waals surface area contributed by atoms with E-state index in [1.165, 1.54) is 4.88 Å². The number of halogens is 2. The van der Waals surface area contributed by atoms with E-state index in [4.69, 9.17) is 23.2 Å². The number of rotatable bonds is 5. The number of benzene rings is 1. The van der Waals surface area contributed by atoms with Crippen molar-refractivity contribution < 1.29 is 0 Å². The van der Waals surface area contributed by atoms with E-state index >= 15 is 0 Å². The van der Waals surface area contributed by atoms with Gasteiger partial charge in [-0.25, -0.2) is 4.98 Å². The summed E-state index contributed by atoms with van der Waals surface area (Å²) in [7, 11) is 0. The van der Waals surface area contributed by atoms with Crippen LogP contribution in [0.4, 0.5) is 0 Å². The Kier molecular flexibility index (Phi) is 5.22. The fraction of sp³-hybridized carbons (Fsp3) is 0.357. The molecule has 1 atom stereocenters. The van der Waals surface area contributed by atoms with Gasteiger partial charge in [0.1, 0.15) is 0 Å². The number of hydrogen-bond acceptors (Lipinski definition) is 3. The van der Waals surface area contributed by atoms with Gasteiger partial charge in [0, 0.05) is 33.6 Å². The van der Waals surface area contributed by atoms with Crippen LogP contribution >= 0.6 is 34.5 Å². The van der Waals surface area contributed by atoms with Crippen LogP contribution in [0.2, 0.25) is 10.0 Å². The standard InChI is InChI=1S/C14H16Cl2N2S/c1-3-17-9(2)13-8-18-14(19-13)7-10-11(15)5-4-6-12(10)16/h4-6,8-9,17H,3,7H2,1-2H3. The highest BCUT2D eigenvalue weighted by atomic mass is 35.5. The average Bonchev–Trinajstić information content (AvgIpc) is 2.83. The van der Waals surface area contributed by atoms with Crippen LogP contribution in [0.15, 0.2) is 24.4 Å². The first-order chi connectivity index (χ1) is 9.11. The molecule has 0 aliphatic carbocycles. The Morgan fingerprint density at radius 1 is 1.32 bits per heavy atom. The lowest BCUT2D eigenvalue weighted by molar-refractivity contribution is 0.606. The van der Waals surface area contributed by atoms with Crippen LogP contribution in [0, 0.1) is 0 Å². The van der Waals surface area contributed by atoms with Crippen molar-refractivity contribution in [3.05, 3.63) is 49.9 Å². The molecule has 1 N–H and O–H groups in total. The topological polar surface area (TPSA) is 24.9 Å². The number of aromatic nitrogens is 1. The molecule has 2 rings (SSSR count). The van der Waals surface area contributed by atoms with E-state index in [0.29, 0.717) is 22.5 Å². The first kappa shape index (κ1) is 14.8. The van der Waals surface area contributed by atoms with Gasteiger partial charge in [0.05, 0.1) is 5.01 Å². The molecule has 102 valence electrons. The van der Waals surface area contributed by atoms with Gasteiger partial charge >= 0.3 is 0 Å². The summed E-state index contributed by atoms with van der Waals surface area (Å²) in [5.74, 6) is 0. The number of thiazole rings is 1. The van der Waals surface area contributed by atoms with E-state index in [-0.39, 0.29) is 0 Å². The lowest BCUT2D eigenvalue weighted by atomic mass is 10.1. The van der Waals surface area contributed by atoms with Crippen molar-refractivity contribution in [1.82, 2.24) is 10.3 Å². The van der Waals surface area contributed by atoms with Crippen LogP contribution in [0.1, 0.15) is 35.3 Å². The zero-order valence-corrected chi connectivity index (χ0v) is 13.2. The largest absolute Gasteiger partial charge is 0.310 e. The molecule has 0 aliphatic heterocycles. The lowest BCUT2D eigenvalue weighted by Gasteiger charge is -2.08. The summed E-state index contributed by atoms with van der Waals surface area (Å²) >= 11 is 14.1. The molecule has 0 saturated heterocycles. The minimum Gasteiger partial charge on any atom is -0.310 e. The van der Waals surface area contributed by atoms with E-state index in [9.17, 15) is 0 Å². The summed E-state index contributed by atoms with van der Waals surface area (Å²) in [6, 6.07) is 5.91. The Balaban J connectivity index is 2.16. The third kappa shape index (κ3) is 3.69. The van der Waals surface area contributed by atoms with Gasteiger partial charge < -0.3 is 5.32 Å². The molecule has 0 saturated carbocycles. The molecule has 0 bridgehead atoms. The van der Waals surface area contributed by atoms with Gasteiger partial charge in [0.15, 0.2) is 0 Å². The molecule has 1 aromatic heterocycles. The zero-order chi connectivity index (χ0) is 13.8. The quantitative estimate of drug-likeness (QED) is 0.864. The smallest absolute Gasteiger partial charge is 0.0973 e. The fourth-order valence-electron chi connectivity index (χ4n) is 1.87. The van der Waals surface area contributed by atoms with Gasteiger partial charge in [-0.3, -0.25) is 0 Å². The summed E-state index contributed by atoms with van der Waals surface area (Å²) < 4.78 is 0. The second-order valence-corrected chi connectivity index (χ2v) is 6.27. The molecule has 2 nitrogen and oxygen atoms in total. The lowest BCUT2D eigenvalue weighted by Crippen LogP contribution is -2.16. The average molecular weight is 315 g/mol. The van der Waals surface area contributed by atoms with Crippen LogP contribution < -0.4 is 5.32 Å². The molecular weight excluding hydrogens is 299 g/mol. The van der Waals surface area contributed by atoms with Crippen LogP contribution in [0.25, 0.3) is 0 Å². The van der Waals surface area contributed by atoms with E-state index in [1.807, 2.05) is 24.4 Å². The Labute approximate surface area is 127 Å². The fourth-order valence-corrected chi connectivity index (χ4v) is 3.36. The van der Waals surface area contributed by atoms with Gasteiger partial charge in [-0.2, -0.15) is 0 Å². The van der Waals surface area contributed by atoms with Crippen molar-refractivity contribution in [2.45, 2.75) is 26.3 Å². The maximum atomic E-state index is 6.18.